The molecule has 1 saturated heterocycles. The van der Waals surface area contributed by atoms with Gasteiger partial charge in [0.2, 0.25) is 6.79 Å². The molecule has 0 aromatic heterocycles. The van der Waals surface area contributed by atoms with Crippen molar-refractivity contribution in [1.82, 2.24) is 10.2 Å². The van der Waals surface area contributed by atoms with E-state index >= 15 is 0 Å². The van der Waals surface area contributed by atoms with Crippen LogP contribution in [0.15, 0.2) is 42.5 Å². The maximum absolute atomic E-state index is 13.6. The van der Waals surface area contributed by atoms with Crippen molar-refractivity contribution in [1.29, 1.82) is 0 Å². The summed E-state index contributed by atoms with van der Waals surface area (Å²) in [6, 6.07) is 5.76. The Hall–Kier alpha value is -3.94. The Morgan fingerprint density at radius 2 is 1.53 bits per heavy atom. The van der Waals surface area contributed by atoms with E-state index in [9.17, 15) is 41.0 Å². The zero-order valence-corrected chi connectivity index (χ0v) is 24.9. The van der Waals surface area contributed by atoms with Crippen molar-refractivity contribution in [3.05, 3.63) is 64.7 Å². The third kappa shape index (κ3) is 6.16. The van der Waals surface area contributed by atoms with E-state index in [4.69, 9.17) is 14.2 Å². The Morgan fingerprint density at radius 1 is 0.933 bits per heavy atom. The number of nitrogens with one attached hydrogen (secondary N) is 1. The summed E-state index contributed by atoms with van der Waals surface area (Å²) in [5, 5.41) is 12.8. The number of imide groups is 1. The minimum Gasteiger partial charge on any atom is -0.489 e. The van der Waals surface area contributed by atoms with Gasteiger partial charge in [0.05, 0.1) is 0 Å². The number of amides is 3. The molecule has 45 heavy (non-hydrogen) atoms. The number of aryl methyl sites for hydroxylation is 2. The van der Waals surface area contributed by atoms with Gasteiger partial charge in [0.15, 0.2) is 11.5 Å². The SMILES string of the molecule is CCCc1cc(C(O)(C(F)(F)F)C(F)(F)F)cc(CCC)c1OC/C=C/CN1C(=O)NC(CC)(c2ccc3c(c2)OCO3)C1=O. The Bertz CT molecular complexity index is 1420. The summed E-state index contributed by atoms with van der Waals surface area (Å²) >= 11 is 0. The number of hydrogen-bond acceptors (Lipinski definition) is 6. The van der Waals surface area contributed by atoms with Crippen LogP contribution in [0.3, 0.4) is 0 Å². The predicted octanol–water partition coefficient (Wildman–Crippen LogP) is 6.42. The molecule has 1 atom stereocenters. The van der Waals surface area contributed by atoms with E-state index in [1.807, 2.05) is 0 Å². The molecular weight excluding hydrogens is 610 g/mol. The van der Waals surface area contributed by atoms with Crippen LogP contribution in [-0.4, -0.2) is 54.2 Å². The predicted molar refractivity (Wildman–Crippen MR) is 150 cm³/mol. The van der Waals surface area contributed by atoms with Crippen molar-refractivity contribution in [3.8, 4) is 17.2 Å². The topological polar surface area (TPSA) is 97.3 Å². The van der Waals surface area contributed by atoms with Gasteiger partial charge in [-0.15, -0.1) is 0 Å². The number of aliphatic hydroxyl groups is 1. The van der Waals surface area contributed by atoms with E-state index in [0.29, 0.717) is 42.0 Å². The van der Waals surface area contributed by atoms with Gasteiger partial charge >= 0.3 is 18.4 Å². The Balaban J connectivity index is 1.53. The van der Waals surface area contributed by atoms with Gasteiger partial charge in [-0.1, -0.05) is 45.8 Å². The zero-order valence-electron chi connectivity index (χ0n) is 24.9. The number of rotatable bonds is 12. The normalized spacial score (nSPS) is 18.7. The van der Waals surface area contributed by atoms with Crippen molar-refractivity contribution in [3.63, 3.8) is 0 Å². The van der Waals surface area contributed by atoms with Gasteiger partial charge < -0.3 is 24.6 Å². The molecule has 1 fully saturated rings. The van der Waals surface area contributed by atoms with Gasteiger partial charge in [-0.05, 0) is 66.3 Å². The number of carbonyl (C=O) groups is 2. The van der Waals surface area contributed by atoms with Crippen LogP contribution in [0.2, 0.25) is 0 Å². The maximum Gasteiger partial charge on any atom is 0.430 e. The van der Waals surface area contributed by atoms with Crippen molar-refractivity contribution < 1.29 is 55.2 Å². The molecule has 4 rings (SSSR count). The molecule has 246 valence electrons. The fourth-order valence-corrected chi connectivity index (χ4v) is 5.52. The first-order valence-corrected chi connectivity index (χ1v) is 14.5. The summed E-state index contributed by atoms with van der Waals surface area (Å²) in [6.45, 7) is 4.94. The van der Waals surface area contributed by atoms with E-state index in [-0.39, 0.29) is 56.1 Å². The third-order valence-corrected chi connectivity index (χ3v) is 7.87. The first-order chi connectivity index (χ1) is 21.1. The van der Waals surface area contributed by atoms with E-state index in [0.717, 1.165) is 4.90 Å². The van der Waals surface area contributed by atoms with Crippen LogP contribution in [0.25, 0.3) is 0 Å². The van der Waals surface area contributed by atoms with Gasteiger partial charge in [0, 0.05) is 12.1 Å². The molecule has 2 aromatic carbocycles. The molecule has 0 saturated carbocycles. The quantitative estimate of drug-likeness (QED) is 0.157. The van der Waals surface area contributed by atoms with E-state index < -0.39 is 41.0 Å². The molecule has 3 amide bonds. The molecule has 2 aliphatic rings. The Labute approximate surface area is 255 Å². The lowest BCUT2D eigenvalue weighted by molar-refractivity contribution is -0.376. The molecule has 2 aromatic rings. The average Bonchev–Trinajstić information content (AvgIpc) is 3.54. The highest BCUT2D eigenvalue weighted by molar-refractivity contribution is 6.07. The smallest absolute Gasteiger partial charge is 0.430 e. The molecule has 0 aliphatic carbocycles. The number of fused-ring (bicyclic) bond motifs is 1. The second kappa shape index (κ2) is 12.8. The van der Waals surface area contributed by atoms with Crippen LogP contribution in [0.4, 0.5) is 31.1 Å². The van der Waals surface area contributed by atoms with E-state index in [2.05, 4.69) is 5.32 Å². The summed E-state index contributed by atoms with van der Waals surface area (Å²) < 4.78 is 98.4. The molecule has 1 unspecified atom stereocenters. The third-order valence-electron chi connectivity index (χ3n) is 7.87. The number of urea groups is 1. The Morgan fingerprint density at radius 3 is 2.09 bits per heavy atom. The van der Waals surface area contributed by atoms with E-state index in [1.165, 1.54) is 12.2 Å². The average molecular weight is 645 g/mol. The molecule has 0 radical (unpaired) electrons. The van der Waals surface area contributed by atoms with Crippen molar-refractivity contribution >= 4 is 11.9 Å². The van der Waals surface area contributed by atoms with Gasteiger partial charge in [-0.2, -0.15) is 26.3 Å². The van der Waals surface area contributed by atoms with Crippen molar-refractivity contribution in [2.75, 3.05) is 19.9 Å². The van der Waals surface area contributed by atoms with Crippen molar-refractivity contribution in [2.24, 2.45) is 0 Å². The highest BCUT2D eigenvalue weighted by atomic mass is 19.4. The lowest BCUT2D eigenvalue weighted by Crippen LogP contribution is -2.54. The second-order valence-corrected chi connectivity index (χ2v) is 10.8. The molecule has 8 nitrogen and oxygen atoms in total. The van der Waals surface area contributed by atoms with Crippen LogP contribution < -0.4 is 19.5 Å². The number of hydrogen-bond donors (Lipinski definition) is 2. The first kappa shape index (κ1) is 33.9. The van der Waals surface area contributed by atoms with Crippen molar-refractivity contribution in [2.45, 2.75) is 76.4 Å². The number of alkyl halides is 6. The minimum atomic E-state index is -6.01. The van der Waals surface area contributed by atoms with Crippen LogP contribution in [0.1, 0.15) is 62.3 Å². The van der Waals surface area contributed by atoms with Crippen LogP contribution >= 0.6 is 0 Å². The summed E-state index contributed by atoms with van der Waals surface area (Å²) in [7, 11) is 0. The summed E-state index contributed by atoms with van der Waals surface area (Å²) in [5.74, 6) is 0.628. The fourth-order valence-electron chi connectivity index (χ4n) is 5.52. The maximum atomic E-state index is 13.6. The van der Waals surface area contributed by atoms with E-state index in [1.54, 1.807) is 39.0 Å². The number of ether oxygens (including phenoxy) is 3. The van der Waals surface area contributed by atoms with Crippen LogP contribution in [0.5, 0.6) is 17.2 Å². The number of carbonyl (C=O) groups excluding carboxylic acids is 2. The molecule has 0 spiro atoms. The zero-order chi connectivity index (χ0) is 33.2. The highest BCUT2D eigenvalue weighted by Crippen LogP contribution is 2.51. The number of benzene rings is 2. The van der Waals surface area contributed by atoms with Gasteiger partial charge in [0.25, 0.3) is 11.5 Å². The lowest BCUT2D eigenvalue weighted by atomic mass is 9.87. The van der Waals surface area contributed by atoms with Gasteiger partial charge in [-0.25, -0.2) is 4.79 Å². The molecule has 2 aliphatic heterocycles. The molecule has 2 N–H and O–H groups in total. The highest BCUT2D eigenvalue weighted by Gasteiger charge is 2.71. The molecule has 0 bridgehead atoms. The summed E-state index contributed by atoms with van der Waals surface area (Å²) in [6.07, 6.45) is -7.82. The molecule has 2 heterocycles. The fraction of sp³-hybridized carbons (Fsp3) is 0.484. The summed E-state index contributed by atoms with van der Waals surface area (Å²) in [4.78, 5) is 27.3. The second-order valence-electron chi connectivity index (χ2n) is 10.8. The van der Waals surface area contributed by atoms with Crippen LogP contribution in [0, 0.1) is 0 Å². The number of halogens is 6. The molecule has 14 heteroatoms. The Kier molecular flexibility index (Phi) is 9.67. The standard InChI is InChI=1S/C31H34F6N2O6/c1-4-9-19-15-22(29(42,30(32,33)34)31(35,36)37)16-20(10-5-2)25(19)43-14-8-7-13-39-26(40)28(6-3,38-27(39)41)21-11-12-23-24(17-21)45-18-44-23/h7-8,11-12,15-17,42H,4-6,9-10,13-14,18H2,1-3H3,(H,38,41)/b8-7+. The van der Waals surface area contributed by atoms with Crippen LogP contribution in [-0.2, 0) is 28.8 Å². The van der Waals surface area contributed by atoms with Gasteiger partial charge in [0.1, 0.15) is 17.9 Å². The largest absolute Gasteiger partial charge is 0.489 e. The molecular formula is C31H34F6N2O6. The lowest BCUT2D eigenvalue weighted by Gasteiger charge is -2.33. The number of nitrogens with zero attached hydrogens (tertiary/aromatic N) is 1. The first-order valence-electron chi connectivity index (χ1n) is 14.5. The summed E-state index contributed by atoms with van der Waals surface area (Å²) in [5.41, 5.74) is -6.99. The minimum absolute atomic E-state index is 0.0462. The monoisotopic (exact) mass is 644 g/mol. The van der Waals surface area contributed by atoms with Gasteiger partial charge in [-0.3, -0.25) is 9.69 Å².